The number of nitrogens with zero attached hydrogens (tertiary/aromatic N) is 3. The van der Waals surface area contributed by atoms with Crippen molar-refractivity contribution in [3.05, 3.63) is 52.8 Å². The van der Waals surface area contributed by atoms with Crippen molar-refractivity contribution in [2.24, 2.45) is 0 Å². The smallest absolute Gasteiger partial charge is 0.230 e. The average molecular weight is 396 g/mol. The Labute approximate surface area is 166 Å². The predicted molar refractivity (Wildman–Crippen MR) is 110 cm³/mol. The van der Waals surface area contributed by atoms with Crippen LogP contribution in [0.4, 0.5) is 22.5 Å². The van der Waals surface area contributed by atoms with Gasteiger partial charge in [0.05, 0.1) is 12.1 Å². The molecule has 2 heterocycles. The van der Waals surface area contributed by atoms with E-state index in [1.165, 1.54) is 18.3 Å². The van der Waals surface area contributed by atoms with Crippen LogP contribution in [-0.2, 0) is 16.0 Å². The number of aromatic nitrogens is 3. The number of thiazole rings is 1. The number of carbonyl (C=O) groups is 2. The average Bonchev–Trinajstić information content (AvgIpc) is 3.02. The summed E-state index contributed by atoms with van der Waals surface area (Å²) in [7, 11) is 0. The Kier molecular flexibility index (Phi) is 5.95. The molecule has 0 saturated heterocycles. The van der Waals surface area contributed by atoms with Gasteiger partial charge in [-0.05, 0) is 44.2 Å². The molecule has 144 valence electrons. The topological polar surface area (TPSA) is 109 Å². The molecule has 0 radical (unpaired) electrons. The molecule has 0 bridgehead atoms. The van der Waals surface area contributed by atoms with Crippen molar-refractivity contribution in [3.8, 4) is 0 Å². The summed E-state index contributed by atoms with van der Waals surface area (Å²) in [5, 5.41) is 11.0. The fourth-order valence-corrected chi connectivity index (χ4v) is 3.24. The van der Waals surface area contributed by atoms with Crippen LogP contribution in [0.15, 0.2) is 35.7 Å². The van der Waals surface area contributed by atoms with E-state index in [-0.39, 0.29) is 18.2 Å². The third-order valence-corrected chi connectivity index (χ3v) is 4.39. The summed E-state index contributed by atoms with van der Waals surface area (Å²) in [5.41, 5.74) is 3.72. The van der Waals surface area contributed by atoms with E-state index in [0.29, 0.717) is 28.1 Å². The first kappa shape index (κ1) is 19.4. The Morgan fingerprint density at radius 3 is 2.18 bits per heavy atom. The third-order valence-electron chi connectivity index (χ3n) is 3.58. The molecule has 3 rings (SSSR count). The predicted octanol–water partition coefficient (Wildman–Crippen LogP) is 3.43. The van der Waals surface area contributed by atoms with Gasteiger partial charge >= 0.3 is 0 Å². The van der Waals surface area contributed by atoms with E-state index in [2.05, 4.69) is 30.9 Å². The first-order chi connectivity index (χ1) is 13.4. The summed E-state index contributed by atoms with van der Waals surface area (Å²) in [6.45, 7) is 5.25. The monoisotopic (exact) mass is 396 g/mol. The molecule has 0 unspecified atom stereocenters. The molecule has 0 aliphatic heterocycles. The quantitative estimate of drug-likeness (QED) is 0.589. The maximum Gasteiger partial charge on any atom is 0.230 e. The lowest BCUT2D eigenvalue weighted by Crippen LogP contribution is -2.14. The molecule has 3 N–H and O–H groups in total. The highest BCUT2D eigenvalue weighted by Gasteiger charge is 2.10. The second-order valence-corrected chi connectivity index (χ2v) is 7.08. The fraction of sp³-hybridized carbons (Fsp3) is 0.211. The van der Waals surface area contributed by atoms with Crippen LogP contribution in [-0.4, -0.2) is 26.8 Å². The Morgan fingerprint density at radius 1 is 0.964 bits per heavy atom. The number of hydrogen-bond acceptors (Lipinski definition) is 7. The van der Waals surface area contributed by atoms with E-state index in [9.17, 15) is 9.59 Å². The molecule has 0 saturated carbocycles. The van der Waals surface area contributed by atoms with E-state index in [0.717, 1.165) is 11.4 Å². The lowest BCUT2D eigenvalue weighted by molar-refractivity contribution is -0.116. The highest BCUT2D eigenvalue weighted by atomic mass is 32.1. The van der Waals surface area contributed by atoms with Crippen molar-refractivity contribution in [3.63, 3.8) is 0 Å². The summed E-state index contributed by atoms with van der Waals surface area (Å²) in [5.74, 6) is 0.171. The minimum atomic E-state index is -0.174. The SMILES string of the molecule is CC(=O)Nc1ccc(NC(=O)Cc2csc(Nc3nc(C)cc(C)n3)n2)cc1. The number of benzene rings is 1. The molecule has 8 nitrogen and oxygen atoms in total. The number of rotatable bonds is 6. The molecular weight excluding hydrogens is 376 g/mol. The van der Waals surface area contributed by atoms with E-state index in [1.807, 2.05) is 25.3 Å². The summed E-state index contributed by atoms with van der Waals surface area (Å²) in [6.07, 6.45) is 0.152. The molecule has 3 aromatic rings. The number of amides is 2. The maximum absolute atomic E-state index is 12.2. The van der Waals surface area contributed by atoms with Gasteiger partial charge in [-0.1, -0.05) is 0 Å². The van der Waals surface area contributed by atoms with Crippen LogP contribution in [0, 0.1) is 13.8 Å². The molecule has 2 aromatic heterocycles. The second-order valence-electron chi connectivity index (χ2n) is 6.23. The molecule has 0 spiro atoms. The van der Waals surface area contributed by atoms with Crippen molar-refractivity contribution in [2.75, 3.05) is 16.0 Å². The zero-order chi connectivity index (χ0) is 20.1. The standard InChI is InChI=1S/C19H20N6O2S/c1-11-8-12(2)21-18(20-11)25-19-24-16(10-28-19)9-17(27)23-15-6-4-14(5-7-15)22-13(3)26/h4-8,10H,9H2,1-3H3,(H,22,26)(H,23,27)(H,20,21,24,25). The molecule has 2 amide bonds. The van der Waals surface area contributed by atoms with Crippen molar-refractivity contribution in [1.29, 1.82) is 0 Å². The molecule has 0 aliphatic rings. The van der Waals surface area contributed by atoms with Crippen LogP contribution in [0.1, 0.15) is 24.0 Å². The van der Waals surface area contributed by atoms with Crippen molar-refractivity contribution in [1.82, 2.24) is 15.0 Å². The normalized spacial score (nSPS) is 10.4. The van der Waals surface area contributed by atoms with Gasteiger partial charge in [-0.3, -0.25) is 9.59 Å². The number of hydrogen-bond donors (Lipinski definition) is 3. The zero-order valence-corrected chi connectivity index (χ0v) is 16.6. The third kappa shape index (κ3) is 5.58. The minimum absolute atomic E-state index is 0.143. The van der Waals surface area contributed by atoms with E-state index >= 15 is 0 Å². The van der Waals surface area contributed by atoms with Crippen LogP contribution >= 0.6 is 11.3 Å². The fourth-order valence-electron chi connectivity index (χ4n) is 2.53. The van der Waals surface area contributed by atoms with Gasteiger partial charge in [0.15, 0.2) is 5.13 Å². The van der Waals surface area contributed by atoms with Gasteiger partial charge in [0.2, 0.25) is 17.8 Å². The number of aryl methyl sites for hydroxylation is 2. The van der Waals surface area contributed by atoms with Crippen molar-refractivity contribution in [2.45, 2.75) is 27.2 Å². The van der Waals surface area contributed by atoms with Crippen molar-refractivity contribution >= 4 is 45.6 Å². The van der Waals surface area contributed by atoms with Crippen LogP contribution < -0.4 is 16.0 Å². The molecule has 1 aromatic carbocycles. The number of nitrogens with one attached hydrogen (secondary N) is 3. The molecule has 0 fully saturated rings. The van der Waals surface area contributed by atoms with Gasteiger partial charge in [-0.15, -0.1) is 11.3 Å². The van der Waals surface area contributed by atoms with E-state index in [4.69, 9.17) is 0 Å². The lowest BCUT2D eigenvalue weighted by Gasteiger charge is -2.06. The second kappa shape index (κ2) is 8.57. The Morgan fingerprint density at radius 2 is 1.57 bits per heavy atom. The Balaban J connectivity index is 1.57. The minimum Gasteiger partial charge on any atom is -0.326 e. The largest absolute Gasteiger partial charge is 0.326 e. The molecule has 0 atom stereocenters. The summed E-state index contributed by atoms with van der Waals surface area (Å²) in [6, 6.07) is 8.81. The van der Waals surface area contributed by atoms with Gasteiger partial charge in [0.25, 0.3) is 0 Å². The maximum atomic E-state index is 12.2. The molecule has 9 heteroatoms. The number of carbonyl (C=O) groups excluding carboxylic acids is 2. The van der Waals surface area contributed by atoms with Crippen LogP contribution in [0.5, 0.6) is 0 Å². The Bertz CT molecular complexity index is 980. The van der Waals surface area contributed by atoms with Gasteiger partial charge in [0, 0.05) is 35.1 Å². The summed E-state index contributed by atoms with van der Waals surface area (Å²) >= 11 is 1.39. The number of anilines is 4. The Hall–Kier alpha value is -3.33. The van der Waals surface area contributed by atoms with Gasteiger partial charge in [-0.2, -0.15) is 0 Å². The first-order valence-corrected chi connectivity index (χ1v) is 9.46. The van der Waals surface area contributed by atoms with Gasteiger partial charge < -0.3 is 16.0 Å². The highest BCUT2D eigenvalue weighted by Crippen LogP contribution is 2.20. The zero-order valence-electron chi connectivity index (χ0n) is 15.7. The molecule has 0 aliphatic carbocycles. The molecular formula is C19H20N6O2S. The highest BCUT2D eigenvalue weighted by molar-refractivity contribution is 7.13. The van der Waals surface area contributed by atoms with Gasteiger partial charge in [-0.25, -0.2) is 15.0 Å². The van der Waals surface area contributed by atoms with E-state index < -0.39 is 0 Å². The van der Waals surface area contributed by atoms with Crippen LogP contribution in [0.25, 0.3) is 0 Å². The lowest BCUT2D eigenvalue weighted by atomic mass is 10.2. The molecule has 28 heavy (non-hydrogen) atoms. The van der Waals surface area contributed by atoms with E-state index in [1.54, 1.807) is 24.3 Å². The van der Waals surface area contributed by atoms with Crippen LogP contribution in [0.3, 0.4) is 0 Å². The van der Waals surface area contributed by atoms with Gasteiger partial charge in [0.1, 0.15) is 0 Å². The summed E-state index contributed by atoms with van der Waals surface area (Å²) in [4.78, 5) is 36.3. The van der Waals surface area contributed by atoms with Crippen molar-refractivity contribution < 1.29 is 9.59 Å². The van der Waals surface area contributed by atoms with Crippen LogP contribution in [0.2, 0.25) is 0 Å². The first-order valence-electron chi connectivity index (χ1n) is 8.58. The summed E-state index contributed by atoms with van der Waals surface area (Å²) < 4.78 is 0.